The van der Waals surface area contributed by atoms with Crippen molar-refractivity contribution < 1.29 is 33.4 Å². The zero-order valence-corrected chi connectivity index (χ0v) is 25.5. The van der Waals surface area contributed by atoms with Crippen molar-refractivity contribution in [2.75, 3.05) is 38.3 Å². The van der Waals surface area contributed by atoms with Gasteiger partial charge >= 0.3 is 5.97 Å². The van der Waals surface area contributed by atoms with E-state index in [4.69, 9.17) is 9.84 Å². The van der Waals surface area contributed by atoms with Crippen molar-refractivity contribution in [1.29, 1.82) is 0 Å². The number of carbonyl (C=O) groups is 4. The lowest BCUT2D eigenvalue weighted by atomic mass is 9.83. The molecule has 232 valence electrons. The normalized spacial score (nSPS) is 17.1. The highest BCUT2D eigenvalue weighted by atomic mass is 19.1. The minimum Gasteiger partial charge on any atom is -0.482 e. The van der Waals surface area contributed by atoms with Crippen molar-refractivity contribution in [3.05, 3.63) is 59.4 Å². The summed E-state index contributed by atoms with van der Waals surface area (Å²) in [5.74, 6) is -1.54. The number of Topliss-reactive ketones (excluding diaryl/α,β-unsaturated/α-hetero) is 1. The Balaban J connectivity index is 1.38. The standard InChI is InChI=1S/C33H42FN3O6/c1-5-23-9-14-28(34)27(19-23)29(38)8-6-7-26(22(2)3)31(41)36-17-15-33(16-18-36)32(42)35(4)21-37(33)24-10-12-25(13-11-24)43-20-30(39)40/h9-14,19,22,26H,5-8,15-18,20-21H2,1-4H3,(H,39,40). The molecule has 2 saturated heterocycles. The second-order valence-electron chi connectivity index (χ2n) is 11.9. The molecule has 9 nitrogen and oxygen atoms in total. The minimum absolute atomic E-state index is 0.0177. The summed E-state index contributed by atoms with van der Waals surface area (Å²) in [6, 6.07) is 11.7. The van der Waals surface area contributed by atoms with Crippen LogP contribution in [0.4, 0.5) is 10.1 Å². The summed E-state index contributed by atoms with van der Waals surface area (Å²) in [4.78, 5) is 56.3. The molecule has 1 atom stereocenters. The number of hydrogen-bond acceptors (Lipinski definition) is 6. The van der Waals surface area contributed by atoms with E-state index in [1.54, 1.807) is 36.2 Å². The van der Waals surface area contributed by atoms with Gasteiger partial charge in [-0.15, -0.1) is 0 Å². The number of amides is 2. The number of likely N-dealkylation sites (N-methyl/N-ethyl adjacent to an activating group) is 1. The smallest absolute Gasteiger partial charge is 0.341 e. The Morgan fingerprint density at radius 1 is 1.07 bits per heavy atom. The van der Waals surface area contributed by atoms with E-state index in [0.29, 0.717) is 51.2 Å². The van der Waals surface area contributed by atoms with Crippen molar-refractivity contribution in [3.63, 3.8) is 0 Å². The highest BCUT2D eigenvalue weighted by Crippen LogP contribution is 2.40. The molecule has 0 aromatic heterocycles. The quantitative estimate of drug-likeness (QED) is 0.352. The van der Waals surface area contributed by atoms with Crippen LogP contribution in [0.3, 0.4) is 0 Å². The van der Waals surface area contributed by atoms with Crippen molar-refractivity contribution in [3.8, 4) is 5.75 Å². The van der Waals surface area contributed by atoms with Crippen LogP contribution in [0, 0.1) is 17.7 Å². The highest BCUT2D eigenvalue weighted by Gasteiger charge is 2.53. The van der Waals surface area contributed by atoms with Gasteiger partial charge in [-0.1, -0.05) is 26.8 Å². The van der Waals surface area contributed by atoms with Crippen LogP contribution in [0.2, 0.25) is 0 Å². The predicted octanol–water partition coefficient (Wildman–Crippen LogP) is 4.77. The zero-order chi connectivity index (χ0) is 31.3. The maximum Gasteiger partial charge on any atom is 0.341 e. The summed E-state index contributed by atoms with van der Waals surface area (Å²) in [5.41, 5.74) is 1.08. The Morgan fingerprint density at radius 3 is 2.35 bits per heavy atom. The highest BCUT2D eigenvalue weighted by molar-refractivity contribution is 5.96. The molecule has 1 spiro atoms. The summed E-state index contributed by atoms with van der Waals surface area (Å²) in [6.45, 7) is 6.81. The van der Waals surface area contributed by atoms with Gasteiger partial charge in [-0.25, -0.2) is 9.18 Å². The van der Waals surface area contributed by atoms with E-state index >= 15 is 0 Å². The fourth-order valence-electron chi connectivity index (χ4n) is 6.26. The fraction of sp³-hybridized carbons (Fsp3) is 0.515. The molecule has 43 heavy (non-hydrogen) atoms. The molecule has 2 fully saturated rings. The zero-order valence-electron chi connectivity index (χ0n) is 25.5. The molecule has 10 heteroatoms. The molecule has 2 aromatic carbocycles. The summed E-state index contributed by atoms with van der Waals surface area (Å²) >= 11 is 0. The molecular weight excluding hydrogens is 553 g/mol. The van der Waals surface area contributed by atoms with Crippen LogP contribution in [0.25, 0.3) is 0 Å². The van der Waals surface area contributed by atoms with Crippen LogP contribution in [0.15, 0.2) is 42.5 Å². The number of ether oxygens (including phenoxy) is 1. The lowest BCUT2D eigenvalue weighted by Crippen LogP contribution is -2.58. The van der Waals surface area contributed by atoms with E-state index in [1.165, 1.54) is 6.07 Å². The van der Waals surface area contributed by atoms with Crippen LogP contribution in [0.5, 0.6) is 5.75 Å². The summed E-state index contributed by atoms with van der Waals surface area (Å²) in [6.07, 6.45) is 2.88. The molecule has 0 aliphatic carbocycles. The number of aliphatic carboxylic acids is 1. The SMILES string of the molecule is CCc1ccc(F)c(C(=O)CCCC(C(=O)N2CCC3(CC2)C(=O)N(C)CN3c2ccc(OCC(=O)O)cc2)C(C)C)c1. The minimum atomic E-state index is -1.06. The van der Waals surface area contributed by atoms with Crippen LogP contribution in [-0.2, 0) is 20.8 Å². The lowest BCUT2D eigenvalue weighted by molar-refractivity contribution is -0.142. The van der Waals surface area contributed by atoms with E-state index in [-0.39, 0.29) is 41.4 Å². The Labute approximate surface area is 252 Å². The van der Waals surface area contributed by atoms with E-state index < -0.39 is 23.9 Å². The second-order valence-corrected chi connectivity index (χ2v) is 11.9. The van der Waals surface area contributed by atoms with E-state index in [2.05, 4.69) is 4.90 Å². The molecule has 4 rings (SSSR count). The molecule has 1 unspecified atom stereocenters. The number of anilines is 1. The first-order valence-electron chi connectivity index (χ1n) is 15.0. The predicted molar refractivity (Wildman–Crippen MR) is 161 cm³/mol. The first-order chi connectivity index (χ1) is 20.5. The third-order valence-corrected chi connectivity index (χ3v) is 8.81. The number of piperidine rings is 1. The van der Waals surface area contributed by atoms with Gasteiger partial charge in [-0.3, -0.25) is 14.4 Å². The Hall–Kier alpha value is -3.95. The number of aryl methyl sites for hydroxylation is 1. The maximum atomic E-state index is 14.3. The van der Waals surface area contributed by atoms with Crippen LogP contribution >= 0.6 is 0 Å². The number of nitrogens with zero attached hydrogens (tertiary/aromatic N) is 3. The number of carboxylic acids is 1. The van der Waals surface area contributed by atoms with Crippen LogP contribution in [0.1, 0.15) is 68.8 Å². The van der Waals surface area contributed by atoms with E-state index in [9.17, 15) is 23.6 Å². The second kappa shape index (κ2) is 13.6. The molecule has 2 heterocycles. The average molecular weight is 596 g/mol. The van der Waals surface area contributed by atoms with Gasteiger partial charge < -0.3 is 24.5 Å². The Kier molecular flexibility index (Phi) is 10.1. The number of ketones is 1. The Bertz CT molecular complexity index is 1340. The van der Waals surface area contributed by atoms with Gasteiger partial charge in [0.05, 0.1) is 12.2 Å². The molecule has 0 radical (unpaired) electrons. The fourth-order valence-corrected chi connectivity index (χ4v) is 6.26. The molecule has 0 saturated carbocycles. The molecule has 1 N–H and O–H groups in total. The number of hydrogen-bond donors (Lipinski definition) is 1. The van der Waals surface area contributed by atoms with Crippen molar-refractivity contribution in [1.82, 2.24) is 9.80 Å². The topological polar surface area (TPSA) is 107 Å². The van der Waals surface area contributed by atoms with Crippen molar-refractivity contribution >= 4 is 29.3 Å². The van der Waals surface area contributed by atoms with E-state index in [0.717, 1.165) is 17.7 Å². The summed E-state index contributed by atoms with van der Waals surface area (Å²) in [7, 11) is 1.77. The van der Waals surface area contributed by atoms with Crippen molar-refractivity contribution in [2.24, 2.45) is 11.8 Å². The largest absolute Gasteiger partial charge is 0.482 e. The molecule has 2 aromatic rings. The monoisotopic (exact) mass is 595 g/mol. The van der Waals surface area contributed by atoms with E-state index in [1.807, 2.05) is 37.8 Å². The van der Waals surface area contributed by atoms with Gasteiger partial charge in [0.1, 0.15) is 17.1 Å². The van der Waals surface area contributed by atoms with Crippen LogP contribution < -0.4 is 9.64 Å². The van der Waals surface area contributed by atoms with Crippen molar-refractivity contribution in [2.45, 2.75) is 64.8 Å². The number of likely N-dealkylation sites (tertiary alicyclic amines) is 1. The van der Waals surface area contributed by atoms with Gasteiger partial charge in [-0.2, -0.15) is 0 Å². The summed E-state index contributed by atoms with van der Waals surface area (Å²) in [5, 5.41) is 8.85. The molecular formula is C33H42FN3O6. The van der Waals surface area contributed by atoms with Crippen LogP contribution in [-0.4, -0.2) is 77.4 Å². The van der Waals surface area contributed by atoms with Gasteiger partial charge in [0.25, 0.3) is 0 Å². The Morgan fingerprint density at radius 2 is 1.74 bits per heavy atom. The molecule has 2 aliphatic rings. The maximum absolute atomic E-state index is 14.3. The third kappa shape index (κ3) is 7.00. The third-order valence-electron chi connectivity index (χ3n) is 8.81. The first kappa shape index (κ1) is 32.0. The number of carbonyl (C=O) groups excluding carboxylic acids is 3. The number of benzene rings is 2. The molecule has 2 amide bonds. The van der Waals surface area contributed by atoms with Gasteiger partial charge in [-0.05, 0) is 80.0 Å². The first-order valence-corrected chi connectivity index (χ1v) is 15.0. The lowest BCUT2D eigenvalue weighted by Gasteiger charge is -2.44. The van der Waals surface area contributed by atoms with Gasteiger partial charge in [0, 0.05) is 38.2 Å². The summed E-state index contributed by atoms with van der Waals surface area (Å²) < 4.78 is 19.5. The number of halogens is 1. The van der Waals surface area contributed by atoms with Gasteiger partial charge in [0.2, 0.25) is 11.8 Å². The molecule has 0 bridgehead atoms. The number of carboxylic acid groups (broad SMARTS) is 1. The van der Waals surface area contributed by atoms with Gasteiger partial charge in [0.15, 0.2) is 12.4 Å². The molecule has 2 aliphatic heterocycles. The number of rotatable bonds is 12. The average Bonchev–Trinajstić information content (AvgIpc) is 3.23.